The van der Waals surface area contributed by atoms with Gasteiger partial charge in [0.25, 0.3) is 5.91 Å². The SMILES string of the molecule is CCCN1C(=O)c2ccc(-c3ccccc3)n2C[C@]1(C)C(=O)NC1CCCCC1. The highest BCUT2D eigenvalue weighted by Crippen LogP contribution is 2.33. The van der Waals surface area contributed by atoms with Crippen molar-refractivity contribution in [3.05, 3.63) is 48.2 Å². The molecule has 1 aliphatic heterocycles. The number of rotatable bonds is 5. The molecule has 2 heterocycles. The zero-order valence-corrected chi connectivity index (χ0v) is 17.5. The summed E-state index contributed by atoms with van der Waals surface area (Å²) in [5.74, 6) is -0.0777. The van der Waals surface area contributed by atoms with E-state index in [9.17, 15) is 9.59 Å². The van der Waals surface area contributed by atoms with Gasteiger partial charge in [-0.3, -0.25) is 9.59 Å². The second-order valence-corrected chi connectivity index (χ2v) is 8.60. The van der Waals surface area contributed by atoms with Crippen LogP contribution in [0.4, 0.5) is 0 Å². The molecule has 0 unspecified atom stereocenters. The lowest BCUT2D eigenvalue weighted by molar-refractivity contribution is -0.133. The summed E-state index contributed by atoms with van der Waals surface area (Å²) >= 11 is 0. The van der Waals surface area contributed by atoms with E-state index < -0.39 is 5.54 Å². The fourth-order valence-electron chi connectivity index (χ4n) is 4.80. The van der Waals surface area contributed by atoms with Gasteiger partial charge in [-0.2, -0.15) is 0 Å². The summed E-state index contributed by atoms with van der Waals surface area (Å²) in [5, 5.41) is 3.27. The molecule has 1 atom stereocenters. The molecule has 29 heavy (non-hydrogen) atoms. The normalized spacial score (nSPS) is 22.4. The minimum atomic E-state index is -0.889. The Balaban J connectivity index is 1.69. The van der Waals surface area contributed by atoms with Crippen LogP contribution in [0.3, 0.4) is 0 Å². The Hall–Kier alpha value is -2.56. The molecule has 1 fully saturated rings. The van der Waals surface area contributed by atoms with Crippen LogP contribution in [0.1, 0.15) is 62.9 Å². The summed E-state index contributed by atoms with van der Waals surface area (Å²) in [5.41, 5.74) is 1.83. The number of benzene rings is 1. The molecule has 0 radical (unpaired) electrons. The van der Waals surface area contributed by atoms with E-state index in [0.29, 0.717) is 18.8 Å². The van der Waals surface area contributed by atoms with Gasteiger partial charge in [0.1, 0.15) is 11.2 Å². The number of aromatic nitrogens is 1. The van der Waals surface area contributed by atoms with Gasteiger partial charge in [0.05, 0.1) is 6.54 Å². The highest BCUT2D eigenvalue weighted by atomic mass is 16.2. The van der Waals surface area contributed by atoms with Crippen molar-refractivity contribution in [2.24, 2.45) is 0 Å². The maximum Gasteiger partial charge on any atom is 0.271 e. The third-order valence-electron chi connectivity index (χ3n) is 6.45. The van der Waals surface area contributed by atoms with Gasteiger partial charge in [-0.05, 0) is 43.9 Å². The Morgan fingerprint density at radius 3 is 2.45 bits per heavy atom. The largest absolute Gasteiger partial charge is 0.351 e. The van der Waals surface area contributed by atoms with E-state index in [2.05, 4.69) is 12.2 Å². The average Bonchev–Trinajstić information content (AvgIpc) is 3.16. The summed E-state index contributed by atoms with van der Waals surface area (Å²) in [6.07, 6.45) is 6.47. The van der Waals surface area contributed by atoms with Crippen LogP contribution in [0.25, 0.3) is 11.3 Å². The summed E-state index contributed by atoms with van der Waals surface area (Å²) in [6, 6.07) is 14.2. The van der Waals surface area contributed by atoms with Crippen molar-refractivity contribution >= 4 is 11.8 Å². The van der Waals surface area contributed by atoms with E-state index >= 15 is 0 Å². The van der Waals surface area contributed by atoms with E-state index in [-0.39, 0.29) is 17.9 Å². The number of nitrogens with one attached hydrogen (secondary N) is 1. The van der Waals surface area contributed by atoms with Crippen molar-refractivity contribution in [2.45, 2.75) is 70.5 Å². The summed E-state index contributed by atoms with van der Waals surface area (Å²) in [6.45, 7) is 5.04. The van der Waals surface area contributed by atoms with Gasteiger partial charge in [-0.25, -0.2) is 0 Å². The molecular weight excluding hydrogens is 362 g/mol. The van der Waals surface area contributed by atoms with E-state index in [1.165, 1.54) is 19.3 Å². The van der Waals surface area contributed by atoms with Crippen LogP contribution in [-0.2, 0) is 11.3 Å². The topological polar surface area (TPSA) is 54.3 Å². The predicted octanol–water partition coefficient (Wildman–Crippen LogP) is 4.23. The smallest absolute Gasteiger partial charge is 0.271 e. The molecule has 5 heteroatoms. The Bertz CT molecular complexity index is 883. The molecule has 2 amide bonds. The summed E-state index contributed by atoms with van der Waals surface area (Å²) in [7, 11) is 0. The molecular formula is C24H31N3O2. The Morgan fingerprint density at radius 1 is 1.07 bits per heavy atom. The zero-order chi connectivity index (χ0) is 20.4. The predicted molar refractivity (Wildman–Crippen MR) is 115 cm³/mol. The minimum absolute atomic E-state index is 0.0236. The first-order chi connectivity index (χ1) is 14.0. The van der Waals surface area contributed by atoms with E-state index in [4.69, 9.17) is 0 Å². The zero-order valence-electron chi connectivity index (χ0n) is 17.5. The molecule has 2 aliphatic rings. The third kappa shape index (κ3) is 3.59. The molecule has 2 aromatic rings. The number of amides is 2. The number of hydrogen-bond acceptors (Lipinski definition) is 2. The lowest BCUT2D eigenvalue weighted by atomic mass is 9.91. The highest BCUT2D eigenvalue weighted by Gasteiger charge is 2.47. The quantitative estimate of drug-likeness (QED) is 0.827. The average molecular weight is 394 g/mol. The van der Waals surface area contributed by atoms with Crippen molar-refractivity contribution in [3.8, 4) is 11.3 Å². The Morgan fingerprint density at radius 2 is 1.76 bits per heavy atom. The van der Waals surface area contributed by atoms with E-state index in [0.717, 1.165) is 30.5 Å². The number of fused-ring (bicyclic) bond motifs is 1. The standard InChI is InChI=1S/C24H31N3O2/c1-3-16-27-22(28)21-15-14-20(18-10-6-4-7-11-18)26(21)17-24(27,2)23(29)25-19-12-8-5-9-13-19/h4,6-7,10-11,14-15,19H,3,5,8-9,12-13,16-17H2,1-2H3,(H,25,29)/t24-/m1/s1. The van der Waals surface area contributed by atoms with Crippen LogP contribution in [0.2, 0.25) is 0 Å². The number of hydrogen-bond donors (Lipinski definition) is 1. The maximum absolute atomic E-state index is 13.5. The fourth-order valence-corrected chi connectivity index (χ4v) is 4.80. The van der Waals surface area contributed by atoms with Crippen LogP contribution in [-0.4, -0.2) is 39.4 Å². The van der Waals surface area contributed by atoms with Crippen molar-refractivity contribution in [3.63, 3.8) is 0 Å². The number of carbonyl (C=O) groups excluding carboxylic acids is 2. The van der Waals surface area contributed by atoms with Crippen molar-refractivity contribution in [1.29, 1.82) is 0 Å². The van der Waals surface area contributed by atoms with Crippen LogP contribution in [0.5, 0.6) is 0 Å². The number of carbonyl (C=O) groups is 2. The molecule has 1 saturated carbocycles. The molecule has 1 aromatic carbocycles. The molecule has 0 spiro atoms. The van der Waals surface area contributed by atoms with Crippen molar-refractivity contribution < 1.29 is 9.59 Å². The third-order valence-corrected chi connectivity index (χ3v) is 6.45. The van der Waals surface area contributed by atoms with Gasteiger partial charge >= 0.3 is 0 Å². The molecule has 4 rings (SSSR count). The summed E-state index contributed by atoms with van der Waals surface area (Å²) in [4.78, 5) is 28.7. The Kier molecular flexibility index (Phi) is 5.48. The number of nitrogens with zero attached hydrogens (tertiary/aromatic N) is 2. The first-order valence-electron chi connectivity index (χ1n) is 10.9. The second-order valence-electron chi connectivity index (χ2n) is 8.60. The van der Waals surface area contributed by atoms with Crippen LogP contribution < -0.4 is 5.32 Å². The van der Waals surface area contributed by atoms with Crippen molar-refractivity contribution in [1.82, 2.24) is 14.8 Å². The van der Waals surface area contributed by atoms with E-state index in [1.807, 2.05) is 54.0 Å². The molecule has 1 N–H and O–H groups in total. The van der Waals surface area contributed by atoms with Gasteiger partial charge in [0.2, 0.25) is 5.91 Å². The molecule has 0 saturated heterocycles. The van der Waals surface area contributed by atoms with Crippen LogP contribution in [0, 0.1) is 0 Å². The molecule has 1 aromatic heterocycles. The first-order valence-corrected chi connectivity index (χ1v) is 10.9. The summed E-state index contributed by atoms with van der Waals surface area (Å²) < 4.78 is 2.03. The molecule has 0 bridgehead atoms. The van der Waals surface area contributed by atoms with Gasteiger partial charge in [-0.15, -0.1) is 0 Å². The lowest BCUT2D eigenvalue weighted by Crippen LogP contribution is -2.65. The van der Waals surface area contributed by atoms with Crippen LogP contribution >= 0.6 is 0 Å². The fraction of sp³-hybridized carbons (Fsp3) is 0.500. The Labute approximate surface area is 173 Å². The monoisotopic (exact) mass is 393 g/mol. The van der Waals surface area contributed by atoms with Crippen molar-refractivity contribution in [2.75, 3.05) is 6.54 Å². The maximum atomic E-state index is 13.5. The van der Waals surface area contributed by atoms with E-state index in [1.54, 1.807) is 4.90 Å². The first kappa shape index (κ1) is 19.7. The molecule has 154 valence electrons. The molecule has 1 aliphatic carbocycles. The van der Waals surface area contributed by atoms with Gasteiger partial charge in [0, 0.05) is 18.3 Å². The highest BCUT2D eigenvalue weighted by molar-refractivity contribution is 6.00. The van der Waals surface area contributed by atoms with Gasteiger partial charge < -0.3 is 14.8 Å². The van der Waals surface area contributed by atoms with Gasteiger partial charge in [0.15, 0.2) is 0 Å². The van der Waals surface area contributed by atoms with Gasteiger partial charge in [-0.1, -0.05) is 56.5 Å². The minimum Gasteiger partial charge on any atom is -0.351 e. The lowest BCUT2D eigenvalue weighted by Gasteiger charge is -2.45. The van der Waals surface area contributed by atoms with Crippen LogP contribution in [0.15, 0.2) is 42.5 Å². The molecule has 5 nitrogen and oxygen atoms in total. The second kappa shape index (κ2) is 8.05.